The van der Waals surface area contributed by atoms with E-state index in [1.807, 2.05) is 13.8 Å². The minimum atomic E-state index is -0.447. The van der Waals surface area contributed by atoms with E-state index in [9.17, 15) is 5.11 Å². The van der Waals surface area contributed by atoms with Gasteiger partial charge in [0.05, 0.1) is 6.10 Å². The summed E-state index contributed by atoms with van der Waals surface area (Å²) in [4.78, 5) is 0. The SMILES string of the molecule is C=CC[C@@H](O)[C@@H](CO)C(C)C. The van der Waals surface area contributed by atoms with E-state index in [-0.39, 0.29) is 12.5 Å². The van der Waals surface area contributed by atoms with Gasteiger partial charge in [-0.2, -0.15) is 0 Å². The highest BCUT2D eigenvalue weighted by molar-refractivity contribution is 4.78. The summed E-state index contributed by atoms with van der Waals surface area (Å²) in [7, 11) is 0. The van der Waals surface area contributed by atoms with Crippen molar-refractivity contribution in [2.24, 2.45) is 11.8 Å². The maximum Gasteiger partial charge on any atom is 0.0627 e. The molecule has 0 spiro atoms. The fourth-order valence-electron chi connectivity index (χ4n) is 1.12. The van der Waals surface area contributed by atoms with Crippen LogP contribution in [0.25, 0.3) is 0 Å². The number of hydrogen-bond acceptors (Lipinski definition) is 2. The molecule has 66 valence electrons. The molecule has 0 aliphatic carbocycles. The predicted molar refractivity (Wildman–Crippen MR) is 46.2 cm³/mol. The van der Waals surface area contributed by atoms with Gasteiger partial charge in [-0.05, 0) is 12.3 Å². The first-order valence-corrected chi connectivity index (χ1v) is 4.03. The Morgan fingerprint density at radius 2 is 2.00 bits per heavy atom. The van der Waals surface area contributed by atoms with Crippen molar-refractivity contribution in [1.82, 2.24) is 0 Å². The quantitative estimate of drug-likeness (QED) is 0.590. The molecule has 0 aliphatic heterocycles. The smallest absolute Gasteiger partial charge is 0.0627 e. The predicted octanol–water partition coefficient (Wildman–Crippen LogP) is 1.19. The van der Waals surface area contributed by atoms with Gasteiger partial charge < -0.3 is 10.2 Å². The Morgan fingerprint density at radius 1 is 1.45 bits per heavy atom. The molecule has 0 radical (unpaired) electrons. The highest BCUT2D eigenvalue weighted by Gasteiger charge is 2.20. The van der Waals surface area contributed by atoms with Gasteiger partial charge in [-0.1, -0.05) is 19.9 Å². The molecule has 11 heavy (non-hydrogen) atoms. The van der Waals surface area contributed by atoms with Gasteiger partial charge in [-0.15, -0.1) is 6.58 Å². The van der Waals surface area contributed by atoms with Crippen molar-refractivity contribution in [1.29, 1.82) is 0 Å². The van der Waals surface area contributed by atoms with Gasteiger partial charge in [0.15, 0.2) is 0 Å². The first-order valence-electron chi connectivity index (χ1n) is 4.03. The third-order valence-corrected chi connectivity index (χ3v) is 1.97. The molecular weight excluding hydrogens is 140 g/mol. The minimum absolute atomic E-state index is 0.0204. The molecule has 0 aromatic heterocycles. The van der Waals surface area contributed by atoms with Crippen LogP contribution in [0.1, 0.15) is 20.3 Å². The molecule has 0 saturated heterocycles. The van der Waals surface area contributed by atoms with Crippen molar-refractivity contribution in [2.75, 3.05) is 6.61 Å². The summed E-state index contributed by atoms with van der Waals surface area (Å²) >= 11 is 0. The highest BCUT2D eigenvalue weighted by Crippen LogP contribution is 2.16. The molecule has 0 aromatic rings. The van der Waals surface area contributed by atoms with Gasteiger partial charge in [0.25, 0.3) is 0 Å². The van der Waals surface area contributed by atoms with Gasteiger partial charge in [-0.3, -0.25) is 0 Å². The molecule has 0 amide bonds. The average Bonchev–Trinajstić information content (AvgIpc) is 1.88. The fraction of sp³-hybridized carbons (Fsp3) is 0.778. The van der Waals surface area contributed by atoms with Crippen LogP contribution >= 0.6 is 0 Å². The molecule has 2 heteroatoms. The average molecular weight is 158 g/mol. The lowest BCUT2D eigenvalue weighted by Crippen LogP contribution is -2.27. The Balaban J connectivity index is 3.90. The largest absolute Gasteiger partial charge is 0.396 e. The highest BCUT2D eigenvalue weighted by atomic mass is 16.3. The molecule has 0 unspecified atom stereocenters. The molecule has 0 aliphatic rings. The van der Waals surface area contributed by atoms with Crippen LogP contribution in [0, 0.1) is 11.8 Å². The molecule has 0 fully saturated rings. The first-order chi connectivity index (χ1) is 5.13. The van der Waals surface area contributed by atoms with E-state index in [1.165, 1.54) is 0 Å². The maximum absolute atomic E-state index is 9.45. The zero-order valence-corrected chi connectivity index (χ0v) is 7.33. The lowest BCUT2D eigenvalue weighted by Gasteiger charge is -2.23. The van der Waals surface area contributed by atoms with Crippen LogP contribution in [0.4, 0.5) is 0 Å². The molecule has 2 nitrogen and oxygen atoms in total. The lowest BCUT2D eigenvalue weighted by molar-refractivity contribution is 0.0438. The van der Waals surface area contributed by atoms with Gasteiger partial charge in [0.2, 0.25) is 0 Å². The molecule has 0 bridgehead atoms. The summed E-state index contributed by atoms with van der Waals surface area (Å²) in [5.74, 6) is 0.294. The molecular formula is C9H18O2. The topological polar surface area (TPSA) is 40.5 Å². The fourth-order valence-corrected chi connectivity index (χ4v) is 1.12. The van der Waals surface area contributed by atoms with Gasteiger partial charge >= 0.3 is 0 Å². The Hall–Kier alpha value is -0.340. The van der Waals surface area contributed by atoms with E-state index in [2.05, 4.69) is 6.58 Å². The maximum atomic E-state index is 9.45. The van der Waals surface area contributed by atoms with Crippen molar-refractivity contribution < 1.29 is 10.2 Å². The minimum Gasteiger partial charge on any atom is -0.396 e. The van der Waals surface area contributed by atoms with Crippen LogP contribution in [0.5, 0.6) is 0 Å². The van der Waals surface area contributed by atoms with E-state index in [0.717, 1.165) is 0 Å². The monoisotopic (exact) mass is 158 g/mol. The normalized spacial score (nSPS) is 16.5. The van der Waals surface area contributed by atoms with Crippen LogP contribution < -0.4 is 0 Å². The third kappa shape index (κ3) is 3.54. The second-order valence-corrected chi connectivity index (χ2v) is 3.18. The van der Waals surface area contributed by atoms with Gasteiger partial charge in [0.1, 0.15) is 0 Å². The van der Waals surface area contributed by atoms with Crippen LogP contribution in [0.15, 0.2) is 12.7 Å². The summed E-state index contributed by atoms with van der Waals surface area (Å²) in [5, 5.41) is 18.3. The van der Waals surface area contributed by atoms with Crippen LogP contribution in [0.2, 0.25) is 0 Å². The zero-order chi connectivity index (χ0) is 8.85. The molecule has 0 aromatic carbocycles. The van der Waals surface area contributed by atoms with Crippen LogP contribution in [-0.4, -0.2) is 22.9 Å². The lowest BCUT2D eigenvalue weighted by atomic mass is 9.89. The zero-order valence-electron chi connectivity index (χ0n) is 7.33. The summed E-state index contributed by atoms with van der Waals surface area (Å²) in [6.45, 7) is 7.57. The van der Waals surface area contributed by atoms with Crippen molar-refractivity contribution in [3.63, 3.8) is 0 Å². The van der Waals surface area contributed by atoms with Gasteiger partial charge in [0, 0.05) is 12.5 Å². The van der Waals surface area contributed by atoms with E-state index < -0.39 is 6.10 Å². The Morgan fingerprint density at radius 3 is 2.27 bits per heavy atom. The Bertz CT molecular complexity index is 110. The third-order valence-electron chi connectivity index (χ3n) is 1.97. The molecule has 0 rings (SSSR count). The Kier molecular flexibility index (Phi) is 5.16. The summed E-state index contributed by atoms with van der Waals surface area (Å²) in [5.41, 5.74) is 0. The van der Waals surface area contributed by atoms with Crippen LogP contribution in [-0.2, 0) is 0 Å². The Labute approximate surface area is 68.6 Å². The van der Waals surface area contributed by atoms with Crippen molar-refractivity contribution in [3.8, 4) is 0 Å². The molecule has 2 atom stereocenters. The summed E-state index contributed by atoms with van der Waals surface area (Å²) in [6.07, 6.45) is 1.79. The van der Waals surface area contributed by atoms with Gasteiger partial charge in [-0.25, -0.2) is 0 Å². The second kappa shape index (κ2) is 5.33. The van der Waals surface area contributed by atoms with E-state index in [0.29, 0.717) is 12.3 Å². The number of hydrogen-bond donors (Lipinski definition) is 2. The van der Waals surface area contributed by atoms with Crippen molar-refractivity contribution in [3.05, 3.63) is 12.7 Å². The molecule has 0 saturated carbocycles. The number of aliphatic hydroxyl groups is 2. The van der Waals surface area contributed by atoms with E-state index >= 15 is 0 Å². The van der Waals surface area contributed by atoms with E-state index in [1.54, 1.807) is 6.08 Å². The van der Waals surface area contributed by atoms with Crippen molar-refractivity contribution >= 4 is 0 Å². The van der Waals surface area contributed by atoms with Crippen molar-refractivity contribution in [2.45, 2.75) is 26.4 Å². The molecule has 0 heterocycles. The number of aliphatic hydroxyl groups excluding tert-OH is 2. The summed E-state index contributed by atoms with van der Waals surface area (Å²) in [6, 6.07) is 0. The standard InChI is InChI=1S/C9H18O2/c1-4-5-9(11)8(6-10)7(2)3/h4,7-11H,1,5-6H2,2-3H3/t8-,9+/m0/s1. The van der Waals surface area contributed by atoms with E-state index in [4.69, 9.17) is 5.11 Å². The summed E-state index contributed by atoms with van der Waals surface area (Å²) < 4.78 is 0. The molecule has 2 N–H and O–H groups in total. The second-order valence-electron chi connectivity index (χ2n) is 3.18. The number of rotatable bonds is 5. The first kappa shape index (κ1) is 10.7. The van der Waals surface area contributed by atoms with Crippen LogP contribution in [0.3, 0.4) is 0 Å².